The molecule has 0 saturated heterocycles. The lowest BCUT2D eigenvalue weighted by atomic mass is 10.1. The van der Waals surface area contributed by atoms with Gasteiger partial charge < -0.3 is 20.5 Å². The minimum atomic E-state index is -1.08. The number of amidine groups is 1. The van der Waals surface area contributed by atoms with E-state index in [0.29, 0.717) is 0 Å². The first-order chi connectivity index (χ1) is 14.1. The highest BCUT2D eigenvalue weighted by Crippen LogP contribution is 2.12. The number of carboxylic acid groups (broad SMARTS) is 1. The zero-order valence-electron chi connectivity index (χ0n) is 19.3. The Morgan fingerprint density at radius 1 is 1.00 bits per heavy atom. The molecular weight excluding hydrogens is 362 g/mol. The predicted molar refractivity (Wildman–Crippen MR) is 122 cm³/mol. The third kappa shape index (κ3) is 19.7. The van der Waals surface area contributed by atoms with Crippen LogP contribution in [-0.4, -0.2) is 42.9 Å². The maximum absolute atomic E-state index is 8.89. The molecule has 0 aromatic heterocycles. The van der Waals surface area contributed by atoms with Crippen molar-refractivity contribution < 1.29 is 15.6 Å². The molecule has 0 aromatic rings. The summed E-state index contributed by atoms with van der Waals surface area (Å²) in [5.41, 5.74) is 3.96. The van der Waals surface area contributed by atoms with Crippen molar-refractivity contribution >= 4 is 11.8 Å². The predicted octanol–water partition coefficient (Wildman–Crippen LogP) is 3.74. The highest BCUT2D eigenvalue weighted by Gasteiger charge is 2.15. The van der Waals surface area contributed by atoms with Crippen LogP contribution in [0, 0.1) is 0 Å². The van der Waals surface area contributed by atoms with Crippen molar-refractivity contribution in [3.63, 3.8) is 0 Å². The monoisotopic (exact) mass is 409 g/mol. The molecule has 0 spiro atoms. The van der Waals surface area contributed by atoms with Crippen LogP contribution in [0.1, 0.15) is 104 Å². The van der Waals surface area contributed by atoms with Crippen molar-refractivity contribution in [2.24, 2.45) is 4.99 Å². The van der Waals surface area contributed by atoms with Gasteiger partial charge in [-0.15, -0.1) is 0 Å². The molecule has 5 nitrogen and oxygen atoms in total. The number of unbranched alkanes of at least 4 members (excludes halogenated alkanes) is 11. The summed E-state index contributed by atoms with van der Waals surface area (Å²) < 4.78 is 0. The first kappa shape index (κ1) is 27.6. The largest absolute Gasteiger partial charge is 0.550 e. The van der Waals surface area contributed by atoms with E-state index in [1.807, 2.05) is 0 Å². The van der Waals surface area contributed by atoms with Crippen molar-refractivity contribution in [3.05, 3.63) is 12.2 Å². The quantitative estimate of drug-likeness (QED) is 0.293. The molecule has 0 bridgehead atoms. The number of aliphatic carboxylic acids is 1. The maximum atomic E-state index is 8.89. The van der Waals surface area contributed by atoms with Crippen molar-refractivity contribution in [3.8, 4) is 0 Å². The molecule has 29 heavy (non-hydrogen) atoms. The number of allylic oxidation sites excluding steroid dienone is 2. The first-order valence-corrected chi connectivity index (χ1v) is 12.0. The Kier molecular flexibility index (Phi) is 20.3. The first-order valence-electron chi connectivity index (χ1n) is 12.0. The molecule has 0 amide bonds. The van der Waals surface area contributed by atoms with Gasteiger partial charge in [-0.2, -0.15) is 0 Å². The second-order valence-electron chi connectivity index (χ2n) is 7.96. The van der Waals surface area contributed by atoms with Crippen molar-refractivity contribution in [1.29, 1.82) is 0 Å². The Morgan fingerprint density at radius 3 is 2.07 bits per heavy atom. The van der Waals surface area contributed by atoms with Crippen LogP contribution < -0.4 is 10.8 Å². The molecule has 1 rings (SSSR count). The fourth-order valence-electron chi connectivity index (χ4n) is 3.55. The summed E-state index contributed by atoms with van der Waals surface area (Å²) in [7, 11) is 0. The van der Waals surface area contributed by atoms with Crippen LogP contribution >= 0.6 is 0 Å². The minimum absolute atomic E-state index is 0.972. The van der Waals surface area contributed by atoms with Crippen molar-refractivity contribution in [1.82, 2.24) is 4.90 Å². The zero-order valence-corrected chi connectivity index (χ0v) is 19.3. The Hall–Kier alpha value is -1.36. The van der Waals surface area contributed by atoms with E-state index < -0.39 is 5.97 Å². The van der Waals surface area contributed by atoms with Crippen LogP contribution in [0.15, 0.2) is 17.1 Å². The van der Waals surface area contributed by atoms with E-state index in [9.17, 15) is 0 Å². The topological polar surface area (TPSA) is 83.4 Å². The van der Waals surface area contributed by atoms with Crippen LogP contribution in [0.3, 0.4) is 0 Å². The summed E-state index contributed by atoms with van der Waals surface area (Å²) in [5, 5.41) is 8.89. The molecular formula is C24H47N3O2. The standard InChI is InChI=1S/C22H43N3.C2H4O2/c1-2-3-4-5-6-7-8-9-10-11-12-13-14-15-16-17-22-24-19-21-25(22)20-18-23;1-2(3)4/h9-10H,2-8,11-21,23H2,1H3;1H3,(H,3,4). The molecule has 0 aliphatic carbocycles. The van der Waals surface area contributed by atoms with Gasteiger partial charge in [-0.25, -0.2) is 0 Å². The number of aliphatic imine (C=N–C) groups is 1. The lowest BCUT2D eigenvalue weighted by molar-refractivity contribution is -0.367. The smallest absolute Gasteiger partial charge is 0.0992 e. The number of hydrogen-bond donors (Lipinski definition) is 1. The number of carbonyl (C=O) groups is 1. The molecule has 0 atom stereocenters. The van der Waals surface area contributed by atoms with E-state index in [0.717, 1.165) is 33.1 Å². The van der Waals surface area contributed by atoms with Crippen LogP contribution in [0.4, 0.5) is 0 Å². The van der Waals surface area contributed by atoms with Gasteiger partial charge in [0.05, 0.1) is 25.5 Å². The highest BCUT2D eigenvalue weighted by atomic mass is 16.4. The summed E-state index contributed by atoms with van der Waals surface area (Å²) in [6.07, 6.45) is 23.8. The second-order valence-corrected chi connectivity index (χ2v) is 7.96. The number of quaternary nitrogens is 1. The van der Waals surface area contributed by atoms with E-state index >= 15 is 0 Å². The zero-order chi connectivity index (χ0) is 21.6. The van der Waals surface area contributed by atoms with Crippen LogP contribution in [0.5, 0.6) is 0 Å². The molecule has 0 unspecified atom stereocenters. The van der Waals surface area contributed by atoms with Gasteiger partial charge in [0.15, 0.2) is 0 Å². The van der Waals surface area contributed by atoms with Gasteiger partial charge in [-0.1, -0.05) is 70.4 Å². The Morgan fingerprint density at radius 2 is 1.52 bits per heavy atom. The fourth-order valence-corrected chi connectivity index (χ4v) is 3.55. The number of nitrogens with zero attached hydrogens (tertiary/aromatic N) is 2. The molecule has 5 heteroatoms. The van der Waals surface area contributed by atoms with Crippen molar-refractivity contribution in [2.75, 3.05) is 26.2 Å². The lowest BCUT2D eigenvalue weighted by Crippen LogP contribution is -2.55. The van der Waals surface area contributed by atoms with Crippen LogP contribution in [0.25, 0.3) is 0 Å². The van der Waals surface area contributed by atoms with Crippen molar-refractivity contribution in [2.45, 2.75) is 104 Å². The fraction of sp³-hybridized carbons (Fsp3) is 0.833. The van der Waals surface area contributed by atoms with Crippen LogP contribution in [-0.2, 0) is 4.79 Å². The van der Waals surface area contributed by atoms with E-state index in [4.69, 9.17) is 9.90 Å². The Balaban J connectivity index is 0.00000178. The lowest BCUT2D eigenvalue weighted by Gasteiger charge is -2.18. The molecule has 1 heterocycles. The van der Waals surface area contributed by atoms with Gasteiger partial charge in [-0.05, 0) is 39.0 Å². The number of rotatable bonds is 17. The SMILES string of the molecule is CC(=O)[O-].CCCCCCCCC=CCCCCCCCC1=NCCN1CC[NH3+]. The van der Waals surface area contributed by atoms with Gasteiger partial charge in [0.25, 0.3) is 0 Å². The summed E-state index contributed by atoms with van der Waals surface area (Å²) in [4.78, 5) is 16.0. The molecule has 1 aliphatic heterocycles. The minimum Gasteiger partial charge on any atom is -0.550 e. The normalized spacial score (nSPS) is 13.5. The molecule has 0 radical (unpaired) electrons. The molecule has 0 fully saturated rings. The Labute approximate surface area is 179 Å². The molecule has 170 valence electrons. The number of carbonyl (C=O) groups excluding carboxylic acids is 1. The molecule has 0 aromatic carbocycles. The highest BCUT2D eigenvalue weighted by molar-refractivity contribution is 5.83. The van der Waals surface area contributed by atoms with E-state index in [-0.39, 0.29) is 0 Å². The molecule has 1 aliphatic rings. The molecule has 3 N–H and O–H groups in total. The molecule has 0 saturated carbocycles. The Bertz CT molecular complexity index is 432. The third-order valence-corrected chi connectivity index (χ3v) is 5.12. The number of hydrogen-bond acceptors (Lipinski definition) is 4. The van der Waals surface area contributed by atoms with Crippen LogP contribution in [0.2, 0.25) is 0 Å². The summed E-state index contributed by atoms with van der Waals surface area (Å²) in [6.45, 7) is 7.46. The van der Waals surface area contributed by atoms with Gasteiger partial charge >= 0.3 is 0 Å². The third-order valence-electron chi connectivity index (χ3n) is 5.12. The maximum Gasteiger partial charge on any atom is 0.0992 e. The van der Waals surface area contributed by atoms with E-state index in [2.05, 4.69) is 34.7 Å². The van der Waals surface area contributed by atoms with Gasteiger partial charge in [0.2, 0.25) is 0 Å². The average Bonchev–Trinajstić information content (AvgIpc) is 3.12. The summed E-state index contributed by atoms with van der Waals surface area (Å²) >= 11 is 0. The summed E-state index contributed by atoms with van der Waals surface area (Å²) in [6, 6.07) is 0. The average molecular weight is 410 g/mol. The van der Waals surface area contributed by atoms with Gasteiger partial charge in [0.1, 0.15) is 0 Å². The van der Waals surface area contributed by atoms with Gasteiger partial charge in [-0.3, -0.25) is 4.99 Å². The van der Waals surface area contributed by atoms with E-state index in [1.165, 1.54) is 95.7 Å². The van der Waals surface area contributed by atoms with Gasteiger partial charge in [0, 0.05) is 18.9 Å². The second kappa shape index (κ2) is 21.4. The number of carboxylic acids is 1. The summed E-state index contributed by atoms with van der Waals surface area (Å²) in [5.74, 6) is 0.265. The van der Waals surface area contributed by atoms with E-state index in [1.54, 1.807) is 0 Å².